The number of carbonyl (C=O) groups is 1. The molecule has 0 saturated heterocycles. The first-order chi connectivity index (χ1) is 13.7. The Kier molecular flexibility index (Phi) is 5.63. The molecule has 0 unspecified atom stereocenters. The zero-order valence-corrected chi connectivity index (χ0v) is 17.0. The number of aryl methyl sites for hydroxylation is 1. The van der Waals surface area contributed by atoms with Crippen molar-refractivity contribution >= 4 is 23.5 Å². The van der Waals surface area contributed by atoms with Crippen LogP contribution >= 0.6 is 0 Å². The molecule has 2 aromatic heterocycles. The van der Waals surface area contributed by atoms with Gasteiger partial charge < -0.3 is 5.32 Å². The average Bonchev–Trinajstić information content (AvgIpc) is 2.64. The van der Waals surface area contributed by atoms with Gasteiger partial charge in [-0.1, -0.05) is 19.9 Å². The molecule has 1 aliphatic carbocycles. The summed E-state index contributed by atoms with van der Waals surface area (Å²) in [5.74, 6) is -0.403. The first kappa shape index (κ1) is 20.4. The fourth-order valence-electron chi connectivity index (χ4n) is 3.34. The summed E-state index contributed by atoms with van der Waals surface area (Å²) in [5.41, 5.74) is 3.15. The van der Waals surface area contributed by atoms with E-state index in [2.05, 4.69) is 30.3 Å². The van der Waals surface area contributed by atoms with Gasteiger partial charge in [0.25, 0.3) is 5.56 Å². The second kappa shape index (κ2) is 7.98. The molecule has 2 heterocycles. The maximum Gasteiger partial charge on any atom is 0.267 e. The average molecular weight is 394 g/mol. The molecule has 8 nitrogen and oxygen atoms in total. The van der Waals surface area contributed by atoms with Gasteiger partial charge in [0.15, 0.2) is 0 Å². The van der Waals surface area contributed by atoms with E-state index >= 15 is 0 Å². The first-order valence-corrected chi connectivity index (χ1v) is 9.54. The number of nitrogens with zero attached hydrogens (tertiary/aromatic N) is 3. The van der Waals surface area contributed by atoms with Gasteiger partial charge in [-0.3, -0.25) is 25.0 Å². The number of rotatable bonds is 5. The van der Waals surface area contributed by atoms with Gasteiger partial charge in [-0.2, -0.15) is 5.10 Å². The summed E-state index contributed by atoms with van der Waals surface area (Å²) in [6.45, 7) is 6.13. The van der Waals surface area contributed by atoms with Crippen molar-refractivity contribution in [2.45, 2.75) is 46.6 Å². The molecule has 0 radical (unpaired) electrons. The van der Waals surface area contributed by atoms with Crippen LogP contribution in [-0.4, -0.2) is 26.6 Å². The highest BCUT2D eigenvalue weighted by atomic mass is 16.2. The molecule has 3 rings (SSSR count). The Bertz CT molecular complexity index is 1110. The van der Waals surface area contributed by atoms with Crippen molar-refractivity contribution in [1.82, 2.24) is 14.3 Å². The quantitative estimate of drug-likeness (QED) is 0.534. The van der Waals surface area contributed by atoms with E-state index in [4.69, 9.17) is 10.8 Å². The normalized spacial score (nSPS) is 15.5. The summed E-state index contributed by atoms with van der Waals surface area (Å²) >= 11 is 0. The van der Waals surface area contributed by atoms with E-state index in [1.54, 1.807) is 6.07 Å². The molecule has 8 heteroatoms. The van der Waals surface area contributed by atoms with E-state index in [9.17, 15) is 9.59 Å². The molecule has 0 spiro atoms. The maximum absolute atomic E-state index is 12.4. The molecule has 0 atom stereocenters. The number of amides is 1. The standard InChI is InChI=1S/C21H26N6O2/c1-14-10-19(29)27(25-20(14)15-4-7-21(2,3)8-5-15)12-18(28)24-16-6-9-26(13-22)17(23)11-16/h4,6,9-11,13,22-23H,5,7-8,12H2,1-3H3,(H,24,28). The highest BCUT2D eigenvalue weighted by Gasteiger charge is 2.23. The van der Waals surface area contributed by atoms with Crippen LogP contribution in [0.15, 0.2) is 35.3 Å². The lowest BCUT2D eigenvalue weighted by Gasteiger charge is -2.28. The SMILES string of the molecule is Cc1cc(=O)n(CC(=O)Nc2ccn(C=N)c(=N)c2)nc1C1=CCC(C)(C)CC1. The van der Waals surface area contributed by atoms with Crippen LogP contribution in [0.4, 0.5) is 5.69 Å². The second-order valence-electron chi connectivity index (χ2n) is 8.15. The third-order valence-corrected chi connectivity index (χ3v) is 5.17. The van der Waals surface area contributed by atoms with Gasteiger partial charge in [0, 0.05) is 24.0 Å². The molecule has 1 aliphatic rings. The number of carbonyl (C=O) groups excluding carboxylic acids is 1. The van der Waals surface area contributed by atoms with Crippen LogP contribution in [0.5, 0.6) is 0 Å². The Labute approximate surface area is 168 Å². The van der Waals surface area contributed by atoms with Crippen molar-refractivity contribution in [1.29, 1.82) is 10.8 Å². The summed E-state index contributed by atoms with van der Waals surface area (Å²) in [6, 6.07) is 4.55. The molecular weight excluding hydrogens is 368 g/mol. The predicted octanol–water partition coefficient (Wildman–Crippen LogP) is 2.52. The number of hydrogen-bond acceptors (Lipinski definition) is 5. The fourth-order valence-corrected chi connectivity index (χ4v) is 3.34. The zero-order valence-electron chi connectivity index (χ0n) is 17.0. The predicted molar refractivity (Wildman–Crippen MR) is 112 cm³/mol. The van der Waals surface area contributed by atoms with Gasteiger partial charge in [0.05, 0.1) is 12.0 Å². The number of aromatic nitrogens is 3. The zero-order chi connectivity index (χ0) is 21.2. The monoisotopic (exact) mass is 394 g/mol. The van der Waals surface area contributed by atoms with Gasteiger partial charge in [0.2, 0.25) is 5.91 Å². The molecule has 1 amide bonds. The summed E-state index contributed by atoms with van der Waals surface area (Å²) in [7, 11) is 0. The minimum absolute atomic E-state index is 0.0675. The van der Waals surface area contributed by atoms with Crippen LogP contribution < -0.4 is 16.4 Å². The maximum atomic E-state index is 12.4. The number of hydrogen-bond donors (Lipinski definition) is 3. The highest BCUT2D eigenvalue weighted by Crippen LogP contribution is 2.37. The summed E-state index contributed by atoms with van der Waals surface area (Å²) in [6.07, 6.45) is 7.62. The van der Waals surface area contributed by atoms with Crippen molar-refractivity contribution in [2.75, 3.05) is 5.32 Å². The van der Waals surface area contributed by atoms with Crippen molar-refractivity contribution in [3.05, 3.63) is 57.6 Å². The molecule has 0 aliphatic heterocycles. The molecule has 0 aromatic carbocycles. The lowest BCUT2D eigenvalue weighted by atomic mass is 9.77. The van der Waals surface area contributed by atoms with Crippen LogP contribution in [0.1, 0.15) is 44.4 Å². The smallest absolute Gasteiger partial charge is 0.267 e. The Morgan fingerprint density at radius 3 is 2.76 bits per heavy atom. The third-order valence-electron chi connectivity index (χ3n) is 5.17. The van der Waals surface area contributed by atoms with Gasteiger partial charge in [0.1, 0.15) is 12.0 Å². The lowest BCUT2D eigenvalue weighted by Crippen LogP contribution is -2.31. The van der Waals surface area contributed by atoms with Gasteiger partial charge >= 0.3 is 0 Å². The van der Waals surface area contributed by atoms with Crippen molar-refractivity contribution in [2.24, 2.45) is 5.41 Å². The molecule has 3 N–H and O–H groups in total. The van der Waals surface area contributed by atoms with Crippen LogP contribution in [0.25, 0.3) is 5.57 Å². The minimum Gasteiger partial charge on any atom is -0.324 e. The van der Waals surface area contributed by atoms with Crippen LogP contribution in [0.3, 0.4) is 0 Å². The number of nitrogens with one attached hydrogen (secondary N) is 3. The number of anilines is 1. The fraction of sp³-hybridized carbons (Fsp3) is 0.381. The largest absolute Gasteiger partial charge is 0.324 e. The van der Waals surface area contributed by atoms with Gasteiger partial charge in [-0.05, 0) is 48.8 Å². The molecule has 0 saturated carbocycles. The topological polar surface area (TPSA) is 117 Å². The Morgan fingerprint density at radius 1 is 1.38 bits per heavy atom. The van der Waals surface area contributed by atoms with E-state index < -0.39 is 5.91 Å². The molecule has 152 valence electrons. The second-order valence-corrected chi connectivity index (χ2v) is 8.15. The van der Waals surface area contributed by atoms with Gasteiger partial charge in [-0.15, -0.1) is 0 Å². The third kappa shape index (κ3) is 4.77. The Hall–Kier alpha value is -3.29. The van der Waals surface area contributed by atoms with Crippen LogP contribution in [0.2, 0.25) is 0 Å². The van der Waals surface area contributed by atoms with Crippen molar-refractivity contribution < 1.29 is 4.79 Å². The van der Waals surface area contributed by atoms with E-state index in [0.717, 1.165) is 42.4 Å². The minimum atomic E-state index is -0.403. The Morgan fingerprint density at radius 2 is 2.14 bits per heavy atom. The summed E-state index contributed by atoms with van der Waals surface area (Å²) in [4.78, 5) is 24.8. The van der Waals surface area contributed by atoms with Crippen molar-refractivity contribution in [3.8, 4) is 0 Å². The molecule has 29 heavy (non-hydrogen) atoms. The molecular formula is C21H26N6O2. The summed E-state index contributed by atoms with van der Waals surface area (Å²) < 4.78 is 2.48. The highest BCUT2D eigenvalue weighted by molar-refractivity contribution is 5.90. The molecule has 0 fully saturated rings. The van der Waals surface area contributed by atoms with E-state index in [1.165, 1.54) is 27.6 Å². The number of pyridine rings is 1. The Balaban J connectivity index is 1.80. The van der Waals surface area contributed by atoms with Crippen LogP contribution in [0, 0.1) is 23.2 Å². The number of allylic oxidation sites excluding steroid dienone is 2. The van der Waals surface area contributed by atoms with Crippen LogP contribution in [-0.2, 0) is 11.3 Å². The van der Waals surface area contributed by atoms with E-state index in [-0.39, 0.29) is 23.0 Å². The van der Waals surface area contributed by atoms with E-state index in [1.807, 2.05) is 6.92 Å². The molecule has 2 aromatic rings. The van der Waals surface area contributed by atoms with E-state index in [0.29, 0.717) is 5.69 Å². The van der Waals surface area contributed by atoms with Gasteiger partial charge in [-0.25, -0.2) is 4.68 Å². The first-order valence-electron chi connectivity index (χ1n) is 9.54. The summed E-state index contributed by atoms with van der Waals surface area (Å²) in [5, 5.41) is 22.1. The lowest BCUT2D eigenvalue weighted by molar-refractivity contribution is -0.117. The molecule has 0 bridgehead atoms. The van der Waals surface area contributed by atoms with Crippen molar-refractivity contribution in [3.63, 3.8) is 0 Å².